The molecule has 0 aromatic heterocycles. The van der Waals surface area contributed by atoms with Crippen molar-refractivity contribution in [3.8, 4) is 0 Å². The standard InChI is InChI=1S/C23H32N2O/c1-5-7-17-25(18-8-6-2)22-15-11-20(12-16-22)23(26)19-9-13-21(14-10-19)24(3)4/h9-16H,5-8,17-18H2,1-4H3. The van der Waals surface area contributed by atoms with Crippen LogP contribution in [0.2, 0.25) is 0 Å². The molecular weight excluding hydrogens is 320 g/mol. The van der Waals surface area contributed by atoms with E-state index < -0.39 is 0 Å². The van der Waals surface area contributed by atoms with Gasteiger partial charge in [-0.3, -0.25) is 4.79 Å². The van der Waals surface area contributed by atoms with Crippen molar-refractivity contribution in [1.82, 2.24) is 0 Å². The normalized spacial score (nSPS) is 10.6. The van der Waals surface area contributed by atoms with Crippen molar-refractivity contribution in [2.75, 3.05) is 37.0 Å². The third-order valence-corrected chi connectivity index (χ3v) is 4.70. The number of carbonyl (C=O) groups is 1. The fraction of sp³-hybridized carbons (Fsp3) is 0.435. The van der Waals surface area contributed by atoms with E-state index in [0.717, 1.165) is 29.9 Å². The molecule has 0 radical (unpaired) electrons. The van der Waals surface area contributed by atoms with Gasteiger partial charge >= 0.3 is 0 Å². The van der Waals surface area contributed by atoms with Gasteiger partial charge in [-0.15, -0.1) is 0 Å². The molecule has 0 spiro atoms. The monoisotopic (exact) mass is 352 g/mol. The van der Waals surface area contributed by atoms with Gasteiger partial charge in [-0.25, -0.2) is 0 Å². The Morgan fingerprint density at radius 1 is 0.731 bits per heavy atom. The Balaban J connectivity index is 2.12. The molecule has 0 aliphatic heterocycles. The van der Waals surface area contributed by atoms with Crippen molar-refractivity contribution < 1.29 is 4.79 Å². The Hall–Kier alpha value is -2.29. The van der Waals surface area contributed by atoms with Crippen LogP contribution in [0.25, 0.3) is 0 Å². The van der Waals surface area contributed by atoms with E-state index in [1.807, 2.05) is 55.4 Å². The van der Waals surface area contributed by atoms with Gasteiger partial charge in [0.1, 0.15) is 0 Å². The van der Waals surface area contributed by atoms with Crippen molar-refractivity contribution in [3.05, 3.63) is 59.7 Å². The number of benzene rings is 2. The SMILES string of the molecule is CCCCN(CCCC)c1ccc(C(=O)c2ccc(N(C)C)cc2)cc1. The van der Waals surface area contributed by atoms with Crippen LogP contribution in [0.15, 0.2) is 48.5 Å². The molecular formula is C23H32N2O. The quantitative estimate of drug-likeness (QED) is 0.536. The molecule has 0 saturated heterocycles. The first-order valence-corrected chi connectivity index (χ1v) is 9.74. The fourth-order valence-corrected chi connectivity index (χ4v) is 2.97. The van der Waals surface area contributed by atoms with E-state index in [1.54, 1.807) is 0 Å². The van der Waals surface area contributed by atoms with Crippen LogP contribution >= 0.6 is 0 Å². The summed E-state index contributed by atoms with van der Waals surface area (Å²) in [6.45, 7) is 6.61. The van der Waals surface area contributed by atoms with E-state index in [1.165, 1.54) is 31.4 Å². The summed E-state index contributed by atoms with van der Waals surface area (Å²) in [6, 6.07) is 15.9. The highest BCUT2D eigenvalue weighted by Crippen LogP contribution is 2.20. The summed E-state index contributed by atoms with van der Waals surface area (Å²) in [5.41, 5.74) is 3.79. The number of unbranched alkanes of at least 4 members (excludes halogenated alkanes) is 2. The molecule has 3 heteroatoms. The van der Waals surface area contributed by atoms with Crippen LogP contribution in [0.3, 0.4) is 0 Å². The molecule has 26 heavy (non-hydrogen) atoms. The molecule has 2 aromatic carbocycles. The number of hydrogen-bond donors (Lipinski definition) is 0. The number of carbonyl (C=O) groups excluding carboxylic acids is 1. The fourth-order valence-electron chi connectivity index (χ4n) is 2.97. The van der Waals surface area contributed by atoms with Gasteiger partial charge in [-0.2, -0.15) is 0 Å². The van der Waals surface area contributed by atoms with Crippen LogP contribution in [0, 0.1) is 0 Å². The highest BCUT2D eigenvalue weighted by Gasteiger charge is 2.11. The number of rotatable bonds is 10. The molecule has 2 aromatic rings. The first kappa shape index (κ1) is 20.0. The maximum absolute atomic E-state index is 12.7. The van der Waals surface area contributed by atoms with Crippen molar-refractivity contribution >= 4 is 17.2 Å². The van der Waals surface area contributed by atoms with E-state index in [4.69, 9.17) is 0 Å². The summed E-state index contributed by atoms with van der Waals surface area (Å²) >= 11 is 0. The summed E-state index contributed by atoms with van der Waals surface area (Å²) in [5, 5.41) is 0. The van der Waals surface area contributed by atoms with Crippen molar-refractivity contribution in [3.63, 3.8) is 0 Å². The lowest BCUT2D eigenvalue weighted by Gasteiger charge is -2.24. The highest BCUT2D eigenvalue weighted by atomic mass is 16.1. The molecule has 3 nitrogen and oxygen atoms in total. The first-order chi connectivity index (χ1) is 12.6. The molecule has 0 bridgehead atoms. The van der Waals surface area contributed by atoms with Gasteiger partial charge in [-0.05, 0) is 61.4 Å². The van der Waals surface area contributed by atoms with Crippen molar-refractivity contribution in [2.45, 2.75) is 39.5 Å². The van der Waals surface area contributed by atoms with E-state index in [9.17, 15) is 4.79 Å². The smallest absolute Gasteiger partial charge is 0.193 e. The minimum absolute atomic E-state index is 0.0792. The Morgan fingerprint density at radius 2 is 1.15 bits per heavy atom. The highest BCUT2D eigenvalue weighted by molar-refractivity contribution is 6.09. The van der Waals surface area contributed by atoms with Crippen molar-refractivity contribution in [2.24, 2.45) is 0 Å². The average molecular weight is 353 g/mol. The maximum Gasteiger partial charge on any atom is 0.193 e. The minimum Gasteiger partial charge on any atom is -0.378 e. The van der Waals surface area contributed by atoms with E-state index in [0.29, 0.717) is 0 Å². The van der Waals surface area contributed by atoms with Crippen LogP contribution in [-0.4, -0.2) is 33.0 Å². The molecule has 0 aliphatic rings. The molecule has 0 N–H and O–H groups in total. The topological polar surface area (TPSA) is 23.6 Å². The average Bonchev–Trinajstić information content (AvgIpc) is 2.68. The second-order valence-electron chi connectivity index (χ2n) is 7.01. The van der Waals surface area contributed by atoms with Crippen LogP contribution in [-0.2, 0) is 0 Å². The maximum atomic E-state index is 12.7. The van der Waals surface area contributed by atoms with Gasteiger partial charge in [-0.1, -0.05) is 26.7 Å². The van der Waals surface area contributed by atoms with E-state index in [2.05, 4.69) is 30.9 Å². The molecule has 0 fully saturated rings. The number of anilines is 2. The third kappa shape index (κ3) is 5.35. The van der Waals surface area contributed by atoms with Gasteiger partial charge in [0.05, 0.1) is 0 Å². The summed E-state index contributed by atoms with van der Waals surface area (Å²) in [4.78, 5) is 17.2. The van der Waals surface area contributed by atoms with Gasteiger partial charge in [0.2, 0.25) is 0 Å². The van der Waals surface area contributed by atoms with Gasteiger partial charge in [0.25, 0.3) is 0 Å². The molecule has 0 amide bonds. The molecule has 0 unspecified atom stereocenters. The molecule has 0 saturated carbocycles. The predicted molar refractivity (Wildman–Crippen MR) is 113 cm³/mol. The van der Waals surface area contributed by atoms with Gasteiger partial charge < -0.3 is 9.80 Å². The van der Waals surface area contributed by atoms with Crippen LogP contribution in [0.4, 0.5) is 11.4 Å². The summed E-state index contributed by atoms with van der Waals surface area (Å²) in [6.07, 6.45) is 4.79. The van der Waals surface area contributed by atoms with Crippen LogP contribution < -0.4 is 9.80 Å². The Kier molecular flexibility index (Phi) is 7.71. The zero-order chi connectivity index (χ0) is 18.9. The molecule has 0 heterocycles. The van der Waals surface area contributed by atoms with E-state index in [-0.39, 0.29) is 5.78 Å². The zero-order valence-corrected chi connectivity index (χ0v) is 16.7. The Bertz CT molecular complexity index is 666. The third-order valence-electron chi connectivity index (χ3n) is 4.70. The molecule has 0 atom stereocenters. The summed E-state index contributed by atoms with van der Waals surface area (Å²) in [5.74, 6) is 0.0792. The second-order valence-corrected chi connectivity index (χ2v) is 7.01. The largest absolute Gasteiger partial charge is 0.378 e. The summed E-state index contributed by atoms with van der Waals surface area (Å²) in [7, 11) is 4.00. The molecule has 0 aliphatic carbocycles. The lowest BCUT2D eigenvalue weighted by Crippen LogP contribution is -2.25. The first-order valence-electron chi connectivity index (χ1n) is 9.74. The number of hydrogen-bond acceptors (Lipinski definition) is 3. The van der Waals surface area contributed by atoms with E-state index >= 15 is 0 Å². The number of nitrogens with zero attached hydrogens (tertiary/aromatic N) is 2. The predicted octanol–water partition coefficient (Wildman–Crippen LogP) is 5.39. The summed E-state index contributed by atoms with van der Waals surface area (Å²) < 4.78 is 0. The Morgan fingerprint density at radius 3 is 1.54 bits per heavy atom. The molecule has 2 rings (SSSR count). The molecule has 140 valence electrons. The lowest BCUT2D eigenvalue weighted by atomic mass is 10.0. The minimum atomic E-state index is 0.0792. The van der Waals surface area contributed by atoms with Gasteiger partial charge in [0.15, 0.2) is 5.78 Å². The Labute approximate surface area is 158 Å². The lowest BCUT2D eigenvalue weighted by molar-refractivity contribution is 0.103. The zero-order valence-electron chi connectivity index (χ0n) is 16.7. The second kappa shape index (κ2) is 10.0. The van der Waals surface area contributed by atoms with Crippen LogP contribution in [0.1, 0.15) is 55.5 Å². The van der Waals surface area contributed by atoms with Crippen LogP contribution in [0.5, 0.6) is 0 Å². The van der Waals surface area contributed by atoms with Gasteiger partial charge in [0, 0.05) is 49.7 Å². The number of ketones is 1. The van der Waals surface area contributed by atoms with Crippen molar-refractivity contribution in [1.29, 1.82) is 0 Å².